The fraction of sp³-hybridized carbons (Fsp3) is 0.500. The normalized spacial score (nSPS) is 11.1. The van der Waals surface area contributed by atoms with Crippen molar-refractivity contribution in [3.63, 3.8) is 0 Å². The molecule has 4 heteroatoms. The van der Waals surface area contributed by atoms with Crippen LogP contribution in [0.15, 0.2) is 18.2 Å². The fourth-order valence-corrected chi connectivity index (χ4v) is 0.984. The molecule has 0 amide bonds. The summed E-state index contributed by atoms with van der Waals surface area (Å²) < 4.78 is 4.99. The SMILES string of the molecule is COc1cccc(NC(C)(C)CO)n1. The smallest absolute Gasteiger partial charge is 0.214 e. The van der Waals surface area contributed by atoms with Crippen LogP contribution in [0.5, 0.6) is 5.88 Å². The summed E-state index contributed by atoms with van der Waals surface area (Å²) in [5.74, 6) is 1.26. The van der Waals surface area contributed by atoms with E-state index in [2.05, 4.69) is 10.3 Å². The monoisotopic (exact) mass is 196 g/mol. The quantitative estimate of drug-likeness (QED) is 0.761. The second kappa shape index (κ2) is 4.28. The number of nitrogens with one attached hydrogen (secondary N) is 1. The number of pyridine rings is 1. The van der Waals surface area contributed by atoms with Crippen molar-refractivity contribution in [2.75, 3.05) is 19.0 Å². The molecule has 0 atom stereocenters. The molecule has 0 unspecified atom stereocenters. The molecular formula is C10H16N2O2. The summed E-state index contributed by atoms with van der Waals surface area (Å²) in [4.78, 5) is 4.18. The van der Waals surface area contributed by atoms with Gasteiger partial charge in [0.1, 0.15) is 5.82 Å². The van der Waals surface area contributed by atoms with Gasteiger partial charge in [0.15, 0.2) is 0 Å². The molecule has 1 aromatic heterocycles. The first-order valence-corrected chi connectivity index (χ1v) is 4.47. The van der Waals surface area contributed by atoms with Crippen LogP contribution in [-0.4, -0.2) is 29.3 Å². The largest absolute Gasteiger partial charge is 0.481 e. The number of rotatable bonds is 4. The van der Waals surface area contributed by atoms with E-state index >= 15 is 0 Å². The maximum atomic E-state index is 9.06. The average Bonchev–Trinajstić information content (AvgIpc) is 2.17. The van der Waals surface area contributed by atoms with E-state index < -0.39 is 0 Å². The van der Waals surface area contributed by atoms with Gasteiger partial charge in [0.2, 0.25) is 5.88 Å². The molecule has 0 spiro atoms. The summed E-state index contributed by atoms with van der Waals surface area (Å²) >= 11 is 0. The van der Waals surface area contributed by atoms with Crippen molar-refractivity contribution >= 4 is 5.82 Å². The zero-order chi connectivity index (χ0) is 10.6. The minimum atomic E-state index is -0.376. The summed E-state index contributed by atoms with van der Waals surface area (Å²) in [6.45, 7) is 3.84. The molecule has 1 aromatic rings. The highest BCUT2D eigenvalue weighted by Gasteiger charge is 2.16. The van der Waals surface area contributed by atoms with Gasteiger partial charge in [-0.25, -0.2) is 0 Å². The van der Waals surface area contributed by atoms with Crippen LogP contribution in [0.2, 0.25) is 0 Å². The molecule has 0 bridgehead atoms. The van der Waals surface area contributed by atoms with Crippen molar-refractivity contribution in [3.05, 3.63) is 18.2 Å². The van der Waals surface area contributed by atoms with Crippen molar-refractivity contribution in [3.8, 4) is 5.88 Å². The van der Waals surface area contributed by atoms with Crippen molar-refractivity contribution in [1.29, 1.82) is 0 Å². The summed E-state index contributed by atoms with van der Waals surface area (Å²) in [5, 5.41) is 12.2. The minimum absolute atomic E-state index is 0.0475. The molecule has 2 N–H and O–H groups in total. The van der Waals surface area contributed by atoms with E-state index in [1.807, 2.05) is 26.0 Å². The number of aliphatic hydroxyl groups is 1. The predicted octanol–water partition coefficient (Wildman–Crippen LogP) is 1.27. The number of aromatic nitrogens is 1. The molecule has 4 nitrogen and oxygen atoms in total. The fourth-order valence-electron chi connectivity index (χ4n) is 0.984. The number of nitrogens with zero attached hydrogens (tertiary/aromatic N) is 1. The predicted molar refractivity (Wildman–Crippen MR) is 55.6 cm³/mol. The Balaban J connectivity index is 2.76. The van der Waals surface area contributed by atoms with Crippen molar-refractivity contribution in [2.24, 2.45) is 0 Å². The number of ether oxygens (including phenoxy) is 1. The molecule has 0 aliphatic heterocycles. The lowest BCUT2D eigenvalue weighted by Gasteiger charge is -2.24. The standard InChI is InChI=1S/C10H16N2O2/c1-10(2,7-13)12-8-5-4-6-9(11-8)14-3/h4-6,13H,7H2,1-3H3,(H,11,12). The first kappa shape index (κ1) is 10.8. The second-order valence-electron chi connectivity index (χ2n) is 3.73. The highest BCUT2D eigenvalue weighted by atomic mass is 16.5. The molecule has 78 valence electrons. The van der Waals surface area contributed by atoms with Gasteiger partial charge in [-0.15, -0.1) is 0 Å². The van der Waals surface area contributed by atoms with E-state index in [0.717, 1.165) is 0 Å². The molecule has 0 aliphatic rings. The average molecular weight is 196 g/mol. The minimum Gasteiger partial charge on any atom is -0.481 e. The van der Waals surface area contributed by atoms with Crippen LogP contribution < -0.4 is 10.1 Å². The molecule has 1 rings (SSSR count). The highest BCUT2D eigenvalue weighted by molar-refractivity contribution is 5.39. The summed E-state index contributed by atoms with van der Waals surface area (Å²) in [7, 11) is 1.57. The number of methoxy groups -OCH3 is 1. The number of hydrogen-bond donors (Lipinski definition) is 2. The van der Waals surface area contributed by atoms with Crippen LogP contribution >= 0.6 is 0 Å². The van der Waals surface area contributed by atoms with Crippen LogP contribution in [0.1, 0.15) is 13.8 Å². The maximum Gasteiger partial charge on any atom is 0.214 e. The van der Waals surface area contributed by atoms with Gasteiger partial charge >= 0.3 is 0 Å². The molecule has 1 heterocycles. The second-order valence-corrected chi connectivity index (χ2v) is 3.73. The topological polar surface area (TPSA) is 54.4 Å². The first-order valence-electron chi connectivity index (χ1n) is 4.47. The van der Waals surface area contributed by atoms with Crippen molar-refractivity contribution < 1.29 is 9.84 Å². The third-order valence-corrected chi connectivity index (χ3v) is 1.79. The third-order valence-electron chi connectivity index (χ3n) is 1.79. The van der Waals surface area contributed by atoms with Crippen molar-refractivity contribution in [1.82, 2.24) is 4.98 Å². The van der Waals surface area contributed by atoms with Crippen LogP contribution in [0.25, 0.3) is 0 Å². The first-order chi connectivity index (χ1) is 6.57. The zero-order valence-corrected chi connectivity index (χ0v) is 8.74. The Morgan fingerprint density at radius 1 is 1.50 bits per heavy atom. The van der Waals surface area contributed by atoms with Crippen LogP contribution in [0.4, 0.5) is 5.82 Å². The van der Waals surface area contributed by atoms with E-state index in [9.17, 15) is 0 Å². The lowest BCUT2D eigenvalue weighted by molar-refractivity contribution is 0.233. The lowest BCUT2D eigenvalue weighted by Crippen LogP contribution is -2.35. The summed E-state index contributed by atoms with van der Waals surface area (Å²) in [6.07, 6.45) is 0. The van der Waals surface area contributed by atoms with E-state index in [0.29, 0.717) is 11.7 Å². The Morgan fingerprint density at radius 3 is 2.79 bits per heavy atom. The van der Waals surface area contributed by atoms with E-state index in [4.69, 9.17) is 9.84 Å². The van der Waals surface area contributed by atoms with Crippen molar-refractivity contribution in [2.45, 2.75) is 19.4 Å². The molecule has 0 saturated carbocycles. The Hall–Kier alpha value is -1.29. The Labute approximate surface area is 83.9 Å². The maximum absolute atomic E-state index is 9.06. The van der Waals surface area contributed by atoms with E-state index in [1.54, 1.807) is 13.2 Å². The lowest BCUT2D eigenvalue weighted by atomic mass is 10.1. The highest BCUT2D eigenvalue weighted by Crippen LogP contribution is 2.15. The molecule has 14 heavy (non-hydrogen) atoms. The summed E-state index contributed by atoms with van der Waals surface area (Å²) in [5.41, 5.74) is -0.376. The summed E-state index contributed by atoms with van der Waals surface area (Å²) in [6, 6.07) is 5.46. The van der Waals surface area contributed by atoms with Gasteiger partial charge in [-0.1, -0.05) is 6.07 Å². The van der Waals surface area contributed by atoms with Crippen LogP contribution in [0, 0.1) is 0 Å². The number of aliphatic hydroxyl groups excluding tert-OH is 1. The van der Waals surface area contributed by atoms with Gasteiger partial charge < -0.3 is 15.2 Å². The van der Waals surface area contributed by atoms with Gasteiger partial charge in [0.25, 0.3) is 0 Å². The zero-order valence-electron chi connectivity index (χ0n) is 8.74. The molecule has 0 aromatic carbocycles. The molecule has 0 radical (unpaired) electrons. The Kier molecular flexibility index (Phi) is 3.30. The van der Waals surface area contributed by atoms with Gasteiger partial charge in [-0.3, -0.25) is 0 Å². The van der Waals surface area contributed by atoms with E-state index in [1.165, 1.54) is 0 Å². The molecular weight excluding hydrogens is 180 g/mol. The van der Waals surface area contributed by atoms with Gasteiger partial charge in [-0.05, 0) is 19.9 Å². The van der Waals surface area contributed by atoms with Gasteiger partial charge in [0.05, 0.1) is 19.3 Å². The van der Waals surface area contributed by atoms with E-state index in [-0.39, 0.29) is 12.1 Å². The Bertz CT molecular complexity index is 300. The molecule has 0 fully saturated rings. The van der Waals surface area contributed by atoms with Gasteiger partial charge in [-0.2, -0.15) is 4.98 Å². The number of hydrogen-bond acceptors (Lipinski definition) is 4. The molecule has 0 saturated heterocycles. The third kappa shape index (κ3) is 2.88. The number of anilines is 1. The van der Waals surface area contributed by atoms with Crippen LogP contribution in [-0.2, 0) is 0 Å². The van der Waals surface area contributed by atoms with Crippen LogP contribution in [0.3, 0.4) is 0 Å². The van der Waals surface area contributed by atoms with Gasteiger partial charge in [0, 0.05) is 6.07 Å². The molecule has 0 aliphatic carbocycles. The Morgan fingerprint density at radius 2 is 2.21 bits per heavy atom.